The molecule has 0 fully saturated rings. The lowest BCUT2D eigenvalue weighted by molar-refractivity contribution is -0.160. The predicted molar refractivity (Wildman–Crippen MR) is 196 cm³/mol. The fourth-order valence-electron chi connectivity index (χ4n) is 6.99. The highest BCUT2D eigenvalue weighted by Crippen LogP contribution is 2.47. The number of ketones is 3. The van der Waals surface area contributed by atoms with Crippen molar-refractivity contribution in [1.82, 2.24) is 5.32 Å². The van der Waals surface area contributed by atoms with Crippen molar-refractivity contribution in [2.24, 2.45) is 23.7 Å². The molecule has 4 N–H and O–H groups in total. The van der Waals surface area contributed by atoms with E-state index in [2.05, 4.69) is 10.6 Å². The van der Waals surface area contributed by atoms with Crippen LogP contribution in [0.5, 0.6) is 5.75 Å². The van der Waals surface area contributed by atoms with Crippen LogP contribution in [0.25, 0.3) is 0 Å². The zero-order chi connectivity index (χ0) is 39.5. The predicted octanol–water partition coefficient (Wildman–Crippen LogP) is 4.87. The van der Waals surface area contributed by atoms with Crippen molar-refractivity contribution in [3.63, 3.8) is 0 Å². The molecule has 0 saturated heterocycles. The third-order valence-corrected chi connectivity index (χ3v) is 10.2. The Morgan fingerprint density at radius 1 is 0.981 bits per heavy atom. The number of fused-ring (bicyclic) bond motifs is 14. The van der Waals surface area contributed by atoms with Gasteiger partial charge in [-0.1, -0.05) is 52.0 Å². The molecule has 1 amide bonds. The average molecular weight is 735 g/mol. The number of aliphatic hydroxyl groups is 2. The molecule has 1 aromatic rings. The summed E-state index contributed by atoms with van der Waals surface area (Å²) in [6, 6.07) is 0. The minimum atomic E-state index is -1.97. The molecule has 0 aromatic heterocycles. The van der Waals surface area contributed by atoms with Gasteiger partial charge in [0.2, 0.25) is 5.78 Å². The number of carbonyl (C=O) groups is 5. The number of carbonyl (C=O) groups excluding carboxylic acids is 5. The second-order valence-electron chi connectivity index (χ2n) is 14.1. The molecule has 0 saturated carbocycles. The van der Waals surface area contributed by atoms with Gasteiger partial charge in [-0.25, -0.2) is 0 Å². The monoisotopic (exact) mass is 734 g/mol. The van der Waals surface area contributed by atoms with E-state index >= 15 is 0 Å². The molecule has 0 radical (unpaired) electrons. The van der Waals surface area contributed by atoms with E-state index in [1.165, 1.54) is 46.3 Å². The average Bonchev–Trinajstić information content (AvgIpc) is 3.38. The van der Waals surface area contributed by atoms with Gasteiger partial charge in [0, 0.05) is 61.8 Å². The number of benzene rings is 1. The van der Waals surface area contributed by atoms with Crippen LogP contribution in [0.4, 0.5) is 5.69 Å². The Morgan fingerprint density at radius 3 is 2.28 bits per heavy atom. The van der Waals surface area contributed by atoms with E-state index in [0.29, 0.717) is 5.56 Å². The van der Waals surface area contributed by atoms with E-state index in [1.54, 1.807) is 66.0 Å². The van der Waals surface area contributed by atoms with Crippen molar-refractivity contribution < 1.29 is 53.1 Å². The van der Waals surface area contributed by atoms with Crippen molar-refractivity contribution in [2.75, 3.05) is 12.4 Å². The van der Waals surface area contributed by atoms with E-state index in [1.807, 2.05) is 0 Å². The Kier molecular flexibility index (Phi) is 12.7. The summed E-state index contributed by atoms with van der Waals surface area (Å²) in [7, 11) is 1.44. The van der Waals surface area contributed by atoms with Crippen molar-refractivity contribution in [3.05, 3.63) is 82.4 Å². The molecule has 5 rings (SSSR count). The molecule has 0 unspecified atom stereocenters. The van der Waals surface area contributed by atoms with Crippen LogP contribution in [-0.2, 0) is 23.8 Å². The maximum absolute atomic E-state index is 14.1. The molecular formula is C40H50N2O11. The molecule has 1 aliphatic carbocycles. The van der Waals surface area contributed by atoms with Crippen LogP contribution >= 0.6 is 0 Å². The van der Waals surface area contributed by atoms with Gasteiger partial charge in [0.15, 0.2) is 5.78 Å². The normalized spacial score (nSPS) is 33.3. The summed E-state index contributed by atoms with van der Waals surface area (Å²) < 4.78 is 23.5. The van der Waals surface area contributed by atoms with Crippen LogP contribution in [-0.4, -0.2) is 76.8 Å². The van der Waals surface area contributed by atoms with Crippen LogP contribution in [0.15, 0.2) is 60.2 Å². The molecule has 4 aliphatic rings. The van der Waals surface area contributed by atoms with Crippen LogP contribution in [0.1, 0.15) is 92.0 Å². The topological polar surface area (TPSA) is 187 Å². The number of aliphatic hydroxyl groups excluding tert-OH is 2. The highest BCUT2D eigenvalue weighted by Gasteiger charge is 2.51. The van der Waals surface area contributed by atoms with Crippen molar-refractivity contribution in [2.45, 2.75) is 92.5 Å². The number of methoxy groups -OCH3 is 1. The fraction of sp³-hybridized carbons (Fsp3) is 0.475. The van der Waals surface area contributed by atoms with Gasteiger partial charge < -0.3 is 39.8 Å². The quantitative estimate of drug-likeness (QED) is 0.308. The summed E-state index contributed by atoms with van der Waals surface area (Å²) in [6.45, 7) is 14.5. The van der Waals surface area contributed by atoms with Gasteiger partial charge in [-0.2, -0.15) is 0 Å². The standard InChI is InChI=1S/C40H50N2O11/c1-11-16-41-32-22(5)37-31-29-27(44)18-26(35(47)30(29)32)42-39(49)20(3)14-12-13-19(2)33(45)23(6)34(46)24(7)36(52-25(8)43)21(4)28(50-10)15-17-51-40(9,53-37)38(31)48/h11-19,21,23-24,28,33-34,36,41,45-46H,1-10H3,(H,42,49)/b13-12+,16-11+,17-15+,20-14-/t19-,21+,23+,24+,28-,33-,34+,36+,40-/m0/s1. The first-order chi connectivity index (χ1) is 24.9. The zero-order valence-electron chi connectivity index (χ0n) is 31.8. The number of Topliss-reactive ketones (excluding diaryl/α,β-unsaturated/α-hetero) is 2. The highest BCUT2D eigenvalue weighted by atomic mass is 16.7. The second-order valence-corrected chi connectivity index (χ2v) is 14.1. The molecule has 3 aliphatic heterocycles. The maximum Gasteiger partial charge on any atom is 0.312 e. The summed E-state index contributed by atoms with van der Waals surface area (Å²) in [6.07, 6.45) is 7.91. The van der Waals surface area contributed by atoms with Gasteiger partial charge >= 0.3 is 11.8 Å². The van der Waals surface area contributed by atoms with Gasteiger partial charge in [-0.15, -0.1) is 0 Å². The van der Waals surface area contributed by atoms with Crippen LogP contribution < -0.4 is 15.4 Å². The maximum atomic E-state index is 14.1. The minimum absolute atomic E-state index is 0.0507. The van der Waals surface area contributed by atoms with Crippen molar-refractivity contribution in [1.29, 1.82) is 0 Å². The Morgan fingerprint density at radius 2 is 1.66 bits per heavy atom. The molecule has 286 valence electrons. The Balaban J connectivity index is 1.88. The van der Waals surface area contributed by atoms with E-state index < -0.39 is 83.1 Å². The summed E-state index contributed by atoms with van der Waals surface area (Å²) >= 11 is 0. The fourth-order valence-corrected chi connectivity index (χ4v) is 6.99. The van der Waals surface area contributed by atoms with Crippen molar-refractivity contribution >= 4 is 34.9 Å². The van der Waals surface area contributed by atoms with Gasteiger partial charge in [0.1, 0.15) is 11.9 Å². The van der Waals surface area contributed by atoms with Crippen molar-refractivity contribution in [3.8, 4) is 5.75 Å². The Bertz CT molecular complexity index is 1820. The van der Waals surface area contributed by atoms with E-state index in [0.717, 1.165) is 6.08 Å². The molecule has 5 bridgehead atoms. The number of esters is 1. The smallest absolute Gasteiger partial charge is 0.312 e. The number of hydrogen-bond donors (Lipinski definition) is 4. The number of amides is 1. The molecule has 1 aromatic carbocycles. The van der Waals surface area contributed by atoms with Crippen LogP contribution in [0.3, 0.4) is 0 Å². The summed E-state index contributed by atoms with van der Waals surface area (Å²) in [5, 5.41) is 28.2. The molecule has 53 heavy (non-hydrogen) atoms. The molecule has 9 atom stereocenters. The number of nitrogens with one attached hydrogen (secondary N) is 2. The van der Waals surface area contributed by atoms with E-state index in [4.69, 9.17) is 18.9 Å². The largest absolute Gasteiger partial charge is 0.462 e. The van der Waals surface area contributed by atoms with Gasteiger partial charge in [0.05, 0.1) is 52.6 Å². The minimum Gasteiger partial charge on any atom is -0.462 e. The summed E-state index contributed by atoms with van der Waals surface area (Å²) in [5.41, 5.74) is 0.0662. The molecule has 3 heterocycles. The SMILES string of the molecule is C/C=C/Nc1c(C)c2c3c4c1C(=O)C(=CC4=O)NC(=O)/C(C)=C\C=C\[C@H](C)[C@H](O)[C@@H](C)[C@@H](O)[C@@H](C)[C@H](OC(C)=O)[C@H](C)[C@@H](OC)/C=C/O[C@@](C)(O2)C3=O. The number of rotatable bonds is 4. The lowest BCUT2D eigenvalue weighted by atomic mass is 9.78. The highest BCUT2D eigenvalue weighted by molar-refractivity contribution is 6.31. The first-order valence-electron chi connectivity index (χ1n) is 17.6. The molecule has 0 spiro atoms. The number of ether oxygens (including phenoxy) is 4. The van der Waals surface area contributed by atoms with E-state index in [-0.39, 0.29) is 39.4 Å². The van der Waals surface area contributed by atoms with Gasteiger partial charge in [-0.05, 0) is 33.0 Å². The van der Waals surface area contributed by atoms with Crippen LogP contribution in [0.2, 0.25) is 0 Å². The molecule has 13 heteroatoms. The van der Waals surface area contributed by atoms with E-state index in [9.17, 15) is 34.2 Å². The lowest BCUT2D eigenvalue weighted by Crippen LogP contribution is -2.46. The lowest BCUT2D eigenvalue weighted by Gasteiger charge is -2.38. The third-order valence-electron chi connectivity index (χ3n) is 10.2. The first-order valence-corrected chi connectivity index (χ1v) is 17.6. The Labute approximate surface area is 309 Å². The number of anilines is 1. The third kappa shape index (κ3) is 8.07. The number of allylic oxidation sites excluding steroid dienone is 5. The Hall–Kier alpha value is -4.85. The second kappa shape index (κ2) is 16.4. The molecular weight excluding hydrogens is 684 g/mol. The number of hydrogen-bond acceptors (Lipinski definition) is 12. The van der Waals surface area contributed by atoms with Crippen LogP contribution in [0, 0.1) is 30.6 Å². The zero-order valence-corrected chi connectivity index (χ0v) is 31.8. The first kappa shape index (κ1) is 40.9. The van der Waals surface area contributed by atoms with Gasteiger partial charge in [-0.3, -0.25) is 24.0 Å². The summed E-state index contributed by atoms with van der Waals surface area (Å²) in [4.78, 5) is 67.5. The molecule has 13 nitrogen and oxygen atoms in total. The van der Waals surface area contributed by atoms with Gasteiger partial charge in [0.25, 0.3) is 11.7 Å². The summed E-state index contributed by atoms with van der Waals surface area (Å²) in [5.74, 6) is -7.63.